The maximum absolute atomic E-state index is 12.4. The molecule has 2 unspecified atom stereocenters. The molecule has 2 heterocycles. The van der Waals surface area contributed by atoms with Gasteiger partial charge in [-0.05, 0) is 32.4 Å². The van der Waals surface area contributed by atoms with Gasteiger partial charge in [-0.2, -0.15) is 4.99 Å². The van der Waals surface area contributed by atoms with E-state index in [4.69, 9.17) is 4.74 Å². The average molecular weight is 356 g/mol. The molecular formula is C19H24N4O3. The zero-order chi connectivity index (χ0) is 19.1. The number of carbonyl (C=O) groups is 2. The fraction of sp³-hybridized carbons (Fsp3) is 0.421. The Hall–Kier alpha value is -2.83. The van der Waals surface area contributed by atoms with E-state index in [0.717, 1.165) is 16.5 Å². The van der Waals surface area contributed by atoms with Gasteiger partial charge in [-0.1, -0.05) is 25.1 Å². The number of para-hydroxylation sites is 1. The zero-order valence-corrected chi connectivity index (χ0v) is 15.7. The van der Waals surface area contributed by atoms with E-state index in [9.17, 15) is 9.59 Å². The SMILES string of the molecule is CC(c1c[nH]c2ccccc12)C1OC(N(C)C(=O)NC(C)(C)C)=NC1=O. The first-order valence-corrected chi connectivity index (χ1v) is 8.58. The summed E-state index contributed by atoms with van der Waals surface area (Å²) in [7, 11) is 1.53. The van der Waals surface area contributed by atoms with Crippen LogP contribution < -0.4 is 5.32 Å². The summed E-state index contributed by atoms with van der Waals surface area (Å²) < 4.78 is 5.76. The summed E-state index contributed by atoms with van der Waals surface area (Å²) in [6.07, 6.45) is 1.13. The van der Waals surface area contributed by atoms with Gasteiger partial charge in [-0.25, -0.2) is 4.79 Å². The minimum atomic E-state index is -0.755. The summed E-state index contributed by atoms with van der Waals surface area (Å²) in [6, 6.07) is 7.54. The summed E-state index contributed by atoms with van der Waals surface area (Å²) in [6.45, 7) is 7.56. The number of aromatic amines is 1. The fourth-order valence-electron chi connectivity index (χ4n) is 2.94. The fourth-order valence-corrected chi connectivity index (χ4v) is 2.94. The van der Waals surface area contributed by atoms with Crippen molar-refractivity contribution in [1.29, 1.82) is 0 Å². The van der Waals surface area contributed by atoms with Crippen LogP contribution in [-0.2, 0) is 9.53 Å². The number of amidine groups is 1. The van der Waals surface area contributed by atoms with E-state index in [2.05, 4.69) is 15.3 Å². The van der Waals surface area contributed by atoms with Gasteiger partial charge in [0, 0.05) is 35.6 Å². The van der Waals surface area contributed by atoms with Gasteiger partial charge in [-0.3, -0.25) is 9.69 Å². The minimum absolute atomic E-state index is 0.0217. The molecule has 0 radical (unpaired) electrons. The van der Waals surface area contributed by atoms with Crippen LogP contribution in [0, 0.1) is 0 Å². The summed E-state index contributed by atoms with van der Waals surface area (Å²) in [5, 5.41) is 3.86. The van der Waals surface area contributed by atoms with E-state index in [1.165, 1.54) is 11.9 Å². The smallest absolute Gasteiger partial charge is 0.325 e. The summed E-state index contributed by atoms with van der Waals surface area (Å²) in [4.78, 5) is 33.0. The minimum Gasteiger partial charge on any atom is -0.450 e. The third-order valence-corrected chi connectivity index (χ3v) is 4.32. The maximum atomic E-state index is 12.4. The molecule has 2 N–H and O–H groups in total. The quantitative estimate of drug-likeness (QED) is 0.867. The van der Waals surface area contributed by atoms with Crippen LogP contribution in [0.15, 0.2) is 35.5 Å². The first kappa shape index (κ1) is 18.0. The van der Waals surface area contributed by atoms with Crippen molar-refractivity contribution in [3.63, 3.8) is 0 Å². The second-order valence-corrected chi connectivity index (χ2v) is 7.59. The molecule has 0 spiro atoms. The van der Waals surface area contributed by atoms with Crippen molar-refractivity contribution in [3.05, 3.63) is 36.0 Å². The number of hydrogen-bond acceptors (Lipinski definition) is 3. The lowest BCUT2D eigenvalue weighted by molar-refractivity contribution is -0.123. The first-order valence-electron chi connectivity index (χ1n) is 8.58. The lowest BCUT2D eigenvalue weighted by Gasteiger charge is -2.25. The number of urea groups is 1. The Bertz CT molecular complexity index is 878. The molecule has 7 heteroatoms. The number of rotatable bonds is 2. The van der Waals surface area contributed by atoms with Crippen LogP contribution in [0.2, 0.25) is 0 Å². The Kier molecular flexibility index (Phi) is 4.48. The van der Waals surface area contributed by atoms with Crippen molar-refractivity contribution in [2.24, 2.45) is 4.99 Å². The van der Waals surface area contributed by atoms with Crippen LogP contribution in [0.1, 0.15) is 39.2 Å². The lowest BCUT2D eigenvalue weighted by Crippen LogP contribution is -2.49. The normalized spacial score (nSPS) is 18.4. The molecule has 0 aliphatic carbocycles. The first-order chi connectivity index (χ1) is 12.2. The van der Waals surface area contributed by atoms with Crippen LogP contribution in [0.3, 0.4) is 0 Å². The highest BCUT2D eigenvalue weighted by atomic mass is 16.5. The molecular weight excluding hydrogens is 332 g/mol. The number of hydrogen-bond donors (Lipinski definition) is 2. The molecule has 0 fully saturated rings. The number of ether oxygens (including phenoxy) is 1. The Balaban J connectivity index is 1.76. The van der Waals surface area contributed by atoms with Crippen LogP contribution in [0.5, 0.6) is 0 Å². The number of carbonyl (C=O) groups excluding carboxylic acids is 2. The van der Waals surface area contributed by atoms with E-state index in [-0.39, 0.29) is 23.9 Å². The molecule has 3 rings (SSSR count). The van der Waals surface area contributed by atoms with Crippen molar-refractivity contribution in [2.45, 2.75) is 45.3 Å². The number of aliphatic imine (C=N–C) groups is 1. The van der Waals surface area contributed by atoms with Gasteiger partial charge in [0.2, 0.25) is 0 Å². The molecule has 26 heavy (non-hydrogen) atoms. The third kappa shape index (κ3) is 3.42. The number of fused-ring (bicyclic) bond motifs is 1. The summed E-state index contributed by atoms with van der Waals surface area (Å²) >= 11 is 0. The maximum Gasteiger partial charge on any atom is 0.325 e. The van der Waals surface area contributed by atoms with Crippen molar-refractivity contribution >= 4 is 28.9 Å². The van der Waals surface area contributed by atoms with E-state index < -0.39 is 11.6 Å². The average Bonchev–Trinajstić information content (AvgIpc) is 3.15. The topological polar surface area (TPSA) is 86.8 Å². The van der Waals surface area contributed by atoms with Gasteiger partial charge in [0.15, 0.2) is 6.10 Å². The Morgan fingerprint density at radius 1 is 1.35 bits per heavy atom. The van der Waals surface area contributed by atoms with Gasteiger partial charge < -0.3 is 15.0 Å². The molecule has 2 aromatic rings. The summed E-state index contributed by atoms with van der Waals surface area (Å²) in [5.41, 5.74) is 1.59. The van der Waals surface area contributed by atoms with Gasteiger partial charge in [0.05, 0.1) is 0 Å². The molecule has 1 aromatic carbocycles. The monoisotopic (exact) mass is 356 g/mol. The molecule has 1 aliphatic heterocycles. The second-order valence-electron chi connectivity index (χ2n) is 7.59. The van der Waals surface area contributed by atoms with Crippen molar-refractivity contribution < 1.29 is 14.3 Å². The number of amides is 3. The highest BCUT2D eigenvalue weighted by Gasteiger charge is 2.38. The van der Waals surface area contributed by atoms with Gasteiger partial charge in [0.1, 0.15) is 0 Å². The largest absolute Gasteiger partial charge is 0.450 e. The number of benzene rings is 1. The van der Waals surface area contributed by atoms with E-state index in [1.54, 1.807) is 0 Å². The molecule has 1 aromatic heterocycles. The molecule has 1 aliphatic rings. The zero-order valence-electron chi connectivity index (χ0n) is 15.7. The molecule has 138 valence electrons. The Morgan fingerprint density at radius 2 is 2.04 bits per heavy atom. The lowest BCUT2D eigenvalue weighted by atomic mass is 9.94. The van der Waals surface area contributed by atoms with Crippen LogP contribution in [-0.4, -0.2) is 46.5 Å². The Morgan fingerprint density at radius 3 is 2.73 bits per heavy atom. The number of H-pyrrole nitrogens is 1. The number of nitrogens with zero attached hydrogens (tertiary/aromatic N) is 2. The van der Waals surface area contributed by atoms with E-state index >= 15 is 0 Å². The van der Waals surface area contributed by atoms with Crippen LogP contribution >= 0.6 is 0 Å². The van der Waals surface area contributed by atoms with Crippen LogP contribution in [0.25, 0.3) is 10.9 Å². The predicted molar refractivity (Wildman–Crippen MR) is 100 cm³/mol. The number of aromatic nitrogens is 1. The van der Waals surface area contributed by atoms with Gasteiger partial charge in [0.25, 0.3) is 5.91 Å². The van der Waals surface area contributed by atoms with E-state index in [0.29, 0.717) is 0 Å². The Labute approximate surface area is 152 Å². The molecule has 0 saturated heterocycles. The molecule has 7 nitrogen and oxygen atoms in total. The van der Waals surface area contributed by atoms with Gasteiger partial charge in [-0.15, -0.1) is 0 Å². The van der Waals surface area contributed by atoms with Crippen molar-refractivity contribution in [2.75, 3.05) is 7.05 Å². The van der Waals surface area contributed by atoms with Gasteiger partial charge >= 0.3 is 12.1 Å². The standard InChI is InChI=1S/C19H24N4O3/c1-11(13-10-20-14-9-7-6-8-12(13)14)15-16(24)21-18(26-15)23(5)17(25)22-19(2,3)4/h6-11,15,20H,1-5H3,(H,22,25). The molecule has 0 saturated carbocycles. The highest BCUT2D eigenvalue weighted by molar-refractivity contribution is 6.04. The molecule has 2 atom stereocenters. The highest BCUT2D eigenvalue weighted by Crippen LogP contribution is 2.31. The molecule has 3 amide bonds. The number of nitrogens with one attached hydrogen (secondary N) is 2. The van der Waals surface area contributed by atoms with Crippen molar-refractivity contribution in [1.82, 2.24) is 15.2 Å². The second kappa shape index (κ2) is 6.48. The third-order valence-electron chi connectivity index (χ3n) is 4.32. The van der Waals surface area contributed by atoms with E-state index in [1.807, 2.05) is 58.2 Å². The van der Waals surface area contributed by atoms with Crippen molar-refractivity contribution in [3.8, 4) is 0 Å². The van der Waals surface area contributed by atoms with Crippen LogP contribution in [0.4, 0.5) is 4.79 Å². The predicted octanol–water partition coefficient (Wildman–Crippen LogP) is 2.99. The molecule has 0 bridgehead atoms. The summed E-state index contributed by atoms with van der Waals surface area (Å²) in [5.74, 6) is -0.591.